The number of rotatable bonds is 4. The third kappa shape index (κ3) is 3.98. The van der Waals surface area contributed by atoms with Gasteiger partial charge in [-0.3, -0.25) is 4.79 Å². The van der Waals surface area contributed by atoms with Crippen molar-refractivity contribution >= 4 is 23.7 Å². The maximum Gasteiger partial charge on any atom is 0.271 e. The molecule has 2 aromatic carbocycles. The van der Waals surface area contributed by atoms with E-state index in [0.717, 1.165) is 16.7 Å². The van der Waals surface area contributed by atoms with E-state index in [-0.39, 0.29) is 5.91 Å². The minimum absolute atomic E-state index is 0.258. The number of hydrogen-bond acceptors (Lipinski definition) is 3. The molecular weight excluding hydrogens is 336 g/mol. The van der Waals surface area contributed by atoms with Gasteiger partial charge in [0.25, 0.3) is 5.91 Å². The first-order valence-electron chi connectivity index (χ1n) is 7.80. The first kappa shape index (κ1) is 17.0. The van der Waals surface area contributed by atoms with Crippen molar-refractivity contribution < 1.29 is 9.21 Å². The van der Waals surface area contributed by atoms with Crippen molar-refractivity contribution in [3.8, 4) is 11.3 Å². The largest absolute Gasteiger partial charge is 0.455 e. The van der Waals surface area contributed by atoms with Crippen LogP contribution in [-0.4, -0.2) is 12.1 Å². The highest BCUT2D eigenvalue weighted by molar-refractivity contribution is 6.31. The Hall–Kier alpha value is -2.85. The molecule has 0 saturated carbocycles. The molecule has 0 fully saturated rings. The second kappa shape index (κ2) is 7.36. The second-order valence-corrected chi connectivity index (χ2v) is 6.09. The summed E-state index contributed by atoms with van der Waals surface area (Å²) in [7, 11) is 0. The normalized spacial score (nSPS) is 11.0. The van der Waals surface area contributed by atoms with Gasteiger partial charge in [-0.2, -0.15) is 5.10 Å². The molecule has 0 radical (unpaired) electrons. The van der Waals surface area contributed by atoms with Crippen molar-refractivity contribution in [3.63, 3.8) is 0 Å². The molecule has 126 valence electrons. The van der Waals surface area contributed by atoms with Gasteiger partial charge in [-0.05, 0) is 49.2 Å². The number of furan rings is 1. The second-order valence-electron chi connectivity index (χ2n) is 5.68. The lowest BCUT2D eigenvalue weighted by Crippen LogP contribution is -2.18. The average molecular weight is 353 g/mol. The van der Waals surface area contributed by atoms with Gasteiger partial charge in [0.2, 0.25) is 0 Å². The maximum absolute atomic E-state index is 12.1. The fraction of sp³-hybridized carbons (Fsp3) is 0.100. The zero-order chi connectivity index (χ0) is 17.8. The number of carbonyl (C=O) groups excluding carboxylic acids is 1. The standard InChI is InChI=1S/C20H17ClN2O2/c1-13-5-3-4-6-17(13)20(24)23-22-12-16-9-10-19(25-16)15-8-7-14(2)18(21)11-15/h3-12H,1-2H3,(H,23,24)/b22-12+. The van der Waals surface area contributed by atoms with Crippen molar-refractivity contribution in [2.24, 2.45) is 5.10 Å². The summed E-state index contributed by atoms with van der Waals surface area (Å²) >= 11 is 6.14. The van der Waals surface area contributed by atoms with Crippen LogP contribution < -0.4 is 5.43 Å². The molecule has 1 aromatic heterocycles. The monoisotopic (exact) mass is 352 g/mol. The van der Waals surface area contributed by atoms with E-state index < -0.39 is 0 Å². The van der Waals surface area contributed by atoms with Crippen molar-refractivity contribution in [2.45, 2.75) is 13.8 Å². The molecule has 1 N–H and O–H groups in total. The quantitative estimate of drug-likeness (QED) is 0.531. The molecule has 0 unspecified atom stereocenters. The summed E-state index contributed by atoms with van der Waals surface area (Å²) in [6.45, 7) is 3.83. The van der Waals surface area contributed by atoms with E-state index in [1.807, 2.05) is 56.3 Å². The van der Waals surface area contributed by atoms with Gasteiger partial charge < -0.3 is 4.42 Å². The molecule has 25 heavy (non-hydrogen) atoms. The van der Waals surface area contributed by atoms with Crippen molar-refractivity contribution in [1.82, 2.24) is 5.43 Å². The predicted molar refractivity (Wildman–Crippen MR) is 100 cm³/mol. The average Bonchev–Trinajstić information content (AvgIpc) is 3.06. The van der Waals surface area contributed by atoms with Gasteiger partial charge in [-0.1, -0.05) is 41.9 Å². The SMILES string of the molecule is Cc1ccc(-c2ccc(/C=N/NC(=O)c3ccccc3C)o2)cc1Cl. The van der Waals surface area contributed by atoms with E-state index in [1.54, 1.807) is 12.1 Å². The smallest absolute Gasteiger partial charge is 0.271 e. The molecule has 5 heteroatoms. The Bertz CT molecular complexity index is 944. The van der Waals surface area contributed by atoms with Crippen LogP contribution in [0, 0.1) is 13.8 Å². The Morgan fingerprint density at radius 2 is 1.88 bits per heavy atom. The van der Waals surface area contributed by atoms with Crippen molar-refractivity contribution in [2.75, 3.05) is 0 Å². The van der Waals surface area contributed by atoms with Crippen LogP contribution in [0.3, 0.4) is 0 Å². The first-order valence-corrected chi connectivity index (χ1v) is 8.18. The molecule has 0 atom stereocenters. The minimum atomic E-state index is -0.258. The molecule has 3 aromatic rings. The van der Waals surface area contributed by atoms with E-state index in [0.29, 0.717) is 22.1 Å². The molecular formula is C20H17ClN2O2. The van der Waals surface area contributed by atoms with Crippen LogP contribution in [0.25, 0.3) is 11.3 Å². The summed E-state index contributed by atoms with van der Waals surface area (Å²) in [5.74, 6) is 0.969. The highest BCUT2D eigenvalue weighted by Gasteiger charge is 2.07. The van der Waals surface area contributed by atoms with Crippen LogP contribution >= 0.6 is 11.6 Å². The van der Waals surface area contributed by atoms with Crippen LogP contribution in [0.5, 0.6) is 0 Å². The summed E-state index contributed by atoms with van der Waals surface area (Å²) in [6.07, 6.45) is 1.47. The lowest BCUT2D eigenvalue weighted by molar-refractivity contribution is 0.0954. The van der Waals surface area contributed by atoms with Crippen LogP contribution in [0.1, 0.15) is 27.2 Å². The third-order valence-electron chi connectivity index (χ3n) is 3.83. The molecule has 0 spiro atoms. The van der Waals surface area contributed by atoms with Gasteiger partial charge in [-0.25, -0.2) is 5.43 Å². The summed E-state index contributed by atoms with van der Waals surface area (Å²) < 4.78 is 5.72. The topological polar surface area (TPSA) is 54.6 Å². The van der Waals surface area contributed by atoms with Crippen LogP contribution in [0.4, 0.5) is 0 Å². The Morgan fingerprint density at radius 3 is 2.64 bits per heavy atom. The van der Waals surface area contributed by atoms with Gasteiger partial charge in [0.15, 0.2) is 0 Å². The number of hydrazone groups is 1. The number of aryl methyl sites for hydroxylation is 2. The number of carbonyl (C=O) groups is 1. The maximum atomic E-state index is 12.1. The highest BCUT2D eigenvalue weighted by Crippen LogP contribution is 2.26. The Morgan fingerprint density at radius 1 is 1.08 bits per heavy atom. The van der Waals surface area contributed by atoms with Gasteiger partial charge in [0.1, 0.15) is 11.5 Å². The van der Waals surface area contributed by atoms with E-state index in [2.05, 4.69) is 10.5 Å². The third-order valence-corrected chi connectivity index (χ3v) is 4.24. The Labute approximate surface area is 151 Å². The van der Waals surface area contributed by atoms with E-state index in [1.165, 1.54) is 6.21 Å². The Kier molecular flexibility index (Phi) is 5.00. The molecule has 4 nitrogen and oxygen atoms in total. The van der Waals surface area contributed by atoms with Gasteiger partial charge >= 0.3 is 0 Å². The number of benzene rings is 2. The molecule has 0 saturated heterocycles. The number of amides is 1. The fourth-order valence-electron chi connectivity index (χ4n) is 2.37. The van der Waals surface area contributed by atoms with Crippen LogP contribution in [0.2, 0.25) is 5.02 Å². The molecule has 0 bridgehead atoms. The minimum Gasteiger partial charge on any atom is -0.455 e. The van der Waals surface area contributed by atoms with Crippen molar-refractivity contribution in [3.05, 3.63) is 82.1 Å². The summed E-state index contributed by atoms with van der Waals surface area (Å²) in [4.78, 5) is 12.1. The Balaban J connectivity index is 1.69. The number of halogens is 1. The molecule has 1 heterocycles. The van der Waals surface area contributed by atoms with Gasteiger partial charge in [0, 0.05) is 16.1 Å². The molecule has 3 rings (SSSR count). The summed E-state index contributed by atoms with van der Waals surface area (Å²) in [5, 5.41) is 4.64. The van der Waals surface area contributed by atoms with E-state index >= 15 is 0 Å². The lowest BCUT2D eigenvalue weighted by atomic mass is 10.1. The first-order chi connectivity index (χ1) is 12.0. The lowest BCUT2D eigenvalue weighted by Gasteiger charge is -2.02. The fourth-order valence-corrected chi connectivity index (χ4v) is 2.55. The zero-order valence-electron chi connectivity index (χ0n) is 13.9. The molecule has 0 aliphatic rings. The number of hydrogen-bond donors (Lipinski definition) is 1. The molecule has 0 aliphatic heterocycles. The number of nitrogens with zero attached hydrogens (tertiary/aromatic N) is 1. The van der Waals surface area contributed by atoms with Crippen LogP contribution in [-0.2, 0) is 0 Å². The van der Waals surface area contributed by atoms with Crippen LogP contribution in [0.15, 0.2) is 64.1 Å². The predicted octanol–water partition coefficient (Wildman–Crippen LogP) is 4.98. The van der Waals surface area contributed by atoms with Crippen molar-refractivity contribution in [1.29, 1.82) is 0 Å². The zero-order valence-corrected chi connectivity index (χ0v) is 14.7. The van der Waals surface area contributed by atoms with Gasteiger partial charge in [0.05, 0.1) is 6.21 Å². The summed E-state index contributed by atoms with van der Waals surface area (Å²) in [6, 6.07) is 16.7. The van der Waals surface area contributed by atoms with E-state index in [9.17, 15) is 4.79 Å². The van der Waals surface area contributed by atoms with Gasteiger partial charge in [-0.15, -0.1) is 0 Å². The van der Waals surface area contributed by atoms with E-state index in [4.69, 9.17) is 16.0 Å². The highest BCUT2D eigenvalue weighted by atomic mass is 35.5. The molecule has 0 aliphatic carbocycles. The molecule has 1 amide bonds. The summed E-state index contributed by atoms with van der Waals surface area (Å²) in [5.41, 5.74) is 5.89. The number of nitrogens with one attached hydrogen (secondary N) is 1.